The molecule has 1 aliphatic rings. The lowest BCUT2D eigenvalue weighted by Crippen LogP contribution is -2.42. The van der Waals surface area contributed by atoms with Gasteiger partial charge in [0.05, 0.1) is 12.9 Å². The third-order valence-electron chi connectivity index (χ3n) is 4.40. The molecule has 1 fully saturated rings. The average molecular weight is 321 g/mol. The van der Waals surface area contributed by atoms with Crippen molar-refractivity contribution < 1.29 is 14.3 Å². The molecule has 6 heteroatoms. The molecule has 0 aliphatic heterocycles. The quantitative estimate of drug-likeness (QED) is 0.452. The van der Waals surface area contributed by atoms with Crippen molar-refractivity contribution in [2.75, 3.05) is 13.2 Å². The highest BCUT2D eigenvalue weighted by atomic mass is 16.5. The third kappa shape index (κ3) is 5.37. The van der Waals surface area contributed by atoms with E-state index in [0.717, 1.165) is 38.6 Å². The highest BCUT2D eigenvalue weighted by Gasteiger charge is 2.36. The van der Waals surface area contributed by atoms with Crippen LogP contribution in [0.15, 0.2) is 18.7 Å². The van der Waals surface area contributed by atoms with Crippen LogP contribution in [0.4, 0.5) is 0 Å². The molecule has 128 valence electrons. The minimum atomic E-state index is -0.650. The van der Waals surface area contributed by atoms with Crippen LogP contribution in [0, 0.1) is 11.8 Å². The summed E-state index contributed by atoms with van der Waals surface area (Å²) in [5, 5.41) is 2.91. The second-order valence-electron chi connectivity index (χ2n) is 6.07. The molecule has 6 nitrogen and oxygen atoms in total. The van der Waals surface area contributed by atoms with Gasteiger partial charge in [-0.25, -0.2) is 4.98 Å². The zero-order valence-electron chi connectivity index (χ0n) is 13.9. The number of rotatable bonds is 8. The Hall–Kier alpha value is -1.85. The summed E-state index contributed by atoms with van der Waals surface area (Å²) in [6.07, 6.45) is 11.4. The Morgan fingerprint density at radius 2 is 2.13 bits per heavy atom. The summed E-state index contributed by atoms with van der Waals surface area (Å²) in [5.74, 6) is -1.08. The van der Waals surface area contributed by atoms with Crippen LogP contribution < -0.4 is 5.32 Å². The first-order chi connectivity index (χ1) is 11.2. The van der Waals surface area contributed by atoms with E-state index in [1.807, 2.05) is 10.8 Å². The number of carbonyl (C=O) groups is 2. The summed E-state index contributed by atoms with van der Waals surface area (Å²) in [6, 6.07) is 0. The number of imidazole rings is 1. The molecule has 1 aliphatic carbocycles. The van der Waals surface area contributed by atoms with Crippen LogP contribution in [0.5, 0.6) is 0 Å². The number of nitrogens with one attached hydrogen (secondary N) is 1. The highest BCUT2D eigenvalue weighted by Crippen LogP contribution is 2.31. The lowest BCUT2D eigenvalue weighted by molar-refractivity contribution is -0.155. The van der Waals surface area contributed by atoms with E-state index >= 15 is 0 Å². The Kier molecular flexibility index (Phi) is 7.10. The number of aromatic nitrogens is 2. The van der Waals surface area contributed by atoms with Gasteiger partial charge in [0.2, 0.25) is 5.91 Å². The summed E-state index contributed by atoms with van der Waals surface area (Å²) >= 11 is 0. The van der Waals surface area contributed by atoms with E-state index in [0.29, 0.717) is 13.2 Å². The zero-order valence-corrected chi connectivity index (χ0v) is 13.9. The SMILES string of the molecule is CCOC(=O)[C@H](C(=O)NCCCn1ccnc1)C1CCCCC1. The maximum Gasteiger partial charge on any atom is 0.318 e. The highest BCUT2D eigenvalue weighted by molar-refractivity contribution is 5.98. The van der Waals surface area contributed by atoms with Crippen molar-refractivity contribution in [2.24, 2.45) is 11.8 Å². The molecule has 0 bridgehead atoms. The molecular weight excluding hydrogens is 294 g/mol. The van der Waals surface area contributed by atoms with Crippen LogP contribution in [0.1, 0.15) is 45.4 Å². The molecule has 1 aromatic rings. The van der Waals surface area contributed by atoms with Gasteiger partial charge in [0.15, 0.2) is 0 Å². The number of nitrogens with zero attached hydrogens (tertiary/aromatic N) is 2. The fourth-order valence-corrected chi connectivity index (χ4v) is 3.22. The Labute approximate surface area is 137 Å². The van der Waals surface area contributed by atoms with Gasteiger partial charge in [-0.15, -0.1) is 0 Å². The molecule has 0 spiro atoms. The standard InChI is InChI=1S/C17H27N3O3/c1-2-23-17(22)15(14-7-4-3-5-8-14)16(21)19-9-6-11-20-12-10-18-13-20/h10,12-15H,2-9,11H2,1H3,(H,19,21)/t15-/m0/s1. The monoisotopic (exact) mass is 321 g/mol. The van der Waals surface area contributed by atoms with Crippen LogP contribution in [-0.4, -0.2) is 34.6 Å². The van der Waals surface area contributed by atoms with E-state index < -0.39 is 5.92 Å². The molecule has 1 saturated carbocycles. The summed E-state index contributed by atoms with van der Waals surface area (Å²) < 4.78 is 7.10. The fraction of sp³-hybridized carbons (Fsp3) is 0.706. The van der Waals surface area contributed by atoms with Crippen molar-refractivity contribution in [3.05, 3.63) is 18.7 Å². The second kappa shape index (κ2) is 9.33. The maximum absolute atomic E-state index is 12.5. The Bertz CT molecular complexity index is 481. The molecule has 0 saturated heterocycles. The third-order valence-corrected chi connectivity index (χ3v) is 4.40. The Balaban J connectivity index is 1.83. The number of ether oxygens (including phenoxy) is 1. The van der Waals surface area contributed by atoms with Crippen LogP contribution in [0.3, 0.4) is 0 Å². The molecule has 1 amide bonds. The normalized spacial score (nSPS) is 16.7. The van der Waals surface area contributed by atoms with Gasteiger partial charge in [-0.1, -0.05) is 19.3 Å². The fourth-order valence-electron chi connectivity index (χ4n) is 3.22. The van der Waals surface area contributed by atoms with E-state index in [4.69, 9.17) is 4.74 Å². The van der Waals surface area contributed by atoms with E-state index in [1.54, 1.807) is 19.4 Å². The first kappa shape index (κ1) is 17.5. The number of carbonyl (C=O) groups excluding carboxylic acids is 2. The predicted molar refractivity (Wildman–Crippen MR) is 86.6 cm³/mol. The first-order valence-corrected chi connectivity index (χ1v) is 8.62. The summed E-state index contributed by atoms with van der Waals surface area (Å²) in [7, 11) is 0. The second-order valence-corrected chi connectivity index (χ2v) is 6.07. The van der Waals surface area contributed by atoms with Crippen LogP contribution in [0.2, 0.25) is 0 Å². The molecule has 1 atom stereocenters. The molecule has 2 rings (SSSR count). The molecular formula is C17H27N3O3. The lowest BCUT2D eigenvalue weighted by Gasteiger charge is -2.27. The van der Waals surface area contributed by atoms with Gasteiger partial charge in [-0.3, -0.25) is 9.59 Å². The van der Waals surface area contributed by atoms with Crippen molar-refractivity contribution in [2.45, 2.75) is 52.0 Å². The molecule has 0 unspecified atom stereocenters. The molecule has 23 heavy (non-hydrogen) atoms. The van der Waals surface area contributed by atoms with Gasteiger partial charge in [0.25, 0.3) is 0 Å². The smallest absolute Gasteiger partial charge is 0.318 e. The molecule has 1 N–H and O–H groups in total. The van der Waals surface area contributed by atoms with Crippen molar-refractivity contribution in [3.8, 4) is 0 Å². The Morgan fingerprint density at radius 1 is 1.35 bits per heavy atom. The van der Waals surface area contributed by atoms with E-state index in [-0.39, 0.29) is 17.8 Å². The van der Waals surface area contributed by atoms with Crippen LogP contribution in [0.25, 0.3) is 0 Å². The van der Waals surface area contributed by atoms with Gasteiger partial charge in [0, 0.05) is 25.5 Å². The molecule has 1 heterocycles. The van der Waals surface area contributed by atoms with Gasteiger partial charge >= 0.3 is 5.97 Å². The van der Waals surface area contributed by atoms with Crippen molar-refractivity contribution in [3.63, 3.8) is 0 Å². The minimum absolute atomic E-state index is 0.122. The lowest BCUT2D eigenvalue weighted by atomic mass is 9.79. The van der Waals surface area contributed by atoms with Crippen molar-refractivity contribution in [1.82, 2.24) is 14.9 Å². The summed E-state index contributed by atoms with van der Waals surface area (Å²) in [5.41, 5.74) is 0. The average Bonchev–Trinajstić information content (AvgIpc) is 3.06. The van der Waals surface area contributed by atoms with Gasteiger partial charge in [-0.05, 0) is 32.1 Å². The number of hydrogen-bond acceptors (Lipinski definition) is 4. The van der Waals surface area contributed by atoms with Crippen LogP contribution in [-0.2, 0) is 20.9 Å². The minimum Gasteiger partial charge on any atom is -0.465 e. The summed E-state index contributed by atoms with van der Waals surface area (Å²) in [4.78, 5) is 28.7. The number of aryl methyl sites for hydroxylation is 1. The van der Waals surface area contributed by atoms with Gasteiger partial charge in [-0.2, -0.15) is 0 Å². The number of hydrogen-bond donors (Lipinski definition) is 1. The van der Waals surface area contributed by atoms with Crippen molar-refractivity contribution >= 4 is 11.9 Å². The summed E-state index contributed by atoms with van der Waals surface area (Å²) in [6.45, 7) is 3.45. The number of amides is 1. The largest absolute Gasteiger partial charge is 0.465 e. The maximum atomic E-state index is 12.5. The van der Waals surface area contributed by atoms with E-state index in [9.17, 15) is 9.59 Å². The van der Waals surface area contributed by atoms with Crippen LogP contribution >= 0.6 is 0 Å². The zero-order chi connectivity index (χ0) is 16.5. The Morgan fingerprint density at radius 3 is 2.78 bits per heavy atom. The molecule has 1 aromatic heterocycles. The van der Waals surface area contributed by atoms with E-state index in [1.165, 1.54) is 6.42 Å². The van der Waals surface area contributed by atoms with Gasteiger partial charge in [0.1, 0.15) is 5.92 Å². The molecule has 0 radical (unpaired) electrons. The predicted octanol–water partition coefficient (Wildman–Crippen LogP) is 2.15. The molecule has 0 aromatic carbocycles. The van der Waals surface area contributed by atoms with Gasteiger partial charge < -0.3 is 14.6 Å². The first-order valence-electron chi connectivity index (χ1n) is 8.62. The topological polar surface area (TPSA) is 73.2 Å². The van der Waals surface area contributed by atoms with Crippen molar-refractivity contribution in [1.29, 1.82) is 0 Å². The number of esters is 1. The van der Waals surface area contributed by atoms with E-state index in [2.05, 4.69) is 10.3 Å².